The van der Waals surface area contributed by atoms with Crippen LogP contribution in [0.4, 0.5) is 0 Å². The molecule has 0 radical (unpaired) electrons. The summed E-state index contributed by atoms with van der Waals surface area (Å²) in [5.74, 6) is 0.463. The quantitative estimate of drug-likeness (QED) is 0.737. The maximum atomic E-state index is 5.97. The second-order valence-corrected chi connectivity index (χ2v) is 4.78. The number of para-hydroxylation sites is 1. The lowest BCUT2D eigenvalue weighted by atomic mass is 10.1. The monoisotopic (exact) mass is 300 g/mol. The Morgan fingerprint density at radius 1 is 1.10 bits per heavy atom. The van der Waals surface area contributed by atoms with Crippen molar-refractivity contribution in [1.82, 2.24) is 19.9 Å². The minimum atomic E-state index is 0.110. The van der Waals surface area contributed by atoms with E-state index < -0.39 is 0 Å². The third kappa shape index (κ3) is 2.92. The van der Waals surface area contributed by atoms with E-state index in [1.807, 2.05) is 37.3 Å². The van der Waals surface area contributed by atoms with E-state index >= 15 is 0 Å². The molecule has 0 saturated heterocycles. The number of hydrogen-bond acceptors (Lipinski definition) is 5. The van der Waals surface area contributed by atoms with E-state index in [9.17, 15) is 0 Å². The number of halogens is 1. The van der Waals surface area contributed by atoms with Crippen LogP contribution in [0.2, 0.25) is 5.28 Å². The van der Waals surface area contributed by atoms with Crippen LogP contribution in [0.25, 0.3) is 22.3 Å². The molecule has 0 bridgehead atoms. The molecule has 21 heavy (non-hydrogen) atoms. The zero-order chi connectivity index (χ0) is 14.7. The van der Waals surface area contributed by atoms with Crippen LogP contribution in [0, 0.1) is 0 Å². The Balaban J connectivity index is 2.12. The van der Waals surface area contributed by atoms with Gasteiger partial charge < -0.3 is 4.74 Å². The van der Waals surface area contributed by atoms with Gasteiger partial charge in [-0.1, -0.05) is 25.1 Å². The molecule has 0 N–H and O–H groups in total. The molecule has 2 heterocycles. The number of benzene rings is 1. The highest BCUT2D eigenvalue weighted by Gasteiger charge is 2.11. The minimum absolute atomic E-state index is 0.110. The summed E-state index contributed by atoms with van der Waals surface area (Å²) in [6.45, 7) is 2.55. The van der Waals surface area contributed by atoms with Crippen molar-refractivity contribution in [1.29, 1.82) is 0 Å². The zero-order valence-corrected chi connectivity index (χ0v) is 12.2. The molecule has 0 aliphatic rings. The highest BCUT2D eigenvalue weighted by atomic mass is 35.5. The van der Waals surface area contributed by atoms with Crippen LogP contribution in [0.5, 0.6) is 6.01 Å². The maximum absolute atomic E-state index is 5.97. The number of aromatic nitrogens is 4. The summed E-state index contributed by atoms with van der Waals surface area (Å²) in [6, 6.07) is 9.95. The van der Waals surface area contributed by atoms with E-state index in [0.717, 1.165) is 22.9 Å². The van der Waals surface area contributed by atoms with Crippen molar-refractivity contribution in [3.05, 3.63) is 41.8 Å². The molecular weight excluding hydrogens is 288 g/mol. The Hall–Kier alpha value is -2.27. The molecule has 5 nitrogen and oxygen atoms in total. The van der Waals surface area contributed by atoms with Crippen molar-refractivity contribution in [2.24, 2.45) is 0 Å². The standard InChI is InChI=1S/C15H13ClN4O/c1-2-9-21-15-19-13(18-14(16)20-15)11-7-3-5-10-6-4-8-17-12(10)11/h3-8H,2,9H2,1H3. The van der Waals surface area contributed by atoms with Gasteiger partial charge in [-0.15, -0.1) is 0 Å². The number of ether oxygens (including phenoxy) is 1. The predicted molar refractivity (Wildman–Crippen MR) is 81.4 cm³/mol. The van der Waals surface area contributed by atoms with E-state index in [-0.39, 0.29) is 11.3 Å². The van der Waals surface area contributed by atoms with Crippen LogP contribution < -0.4 is 4.74 Å². The molecule has 3 aromatic rings. The number of pyridine rings is 1. The van der Waals surface area contributed by atoms with Gasteiger partial charge in [-0.3, -0.25) is 4.98 Å². The topological polar surface area (TPSA) is 60.8 Å². The second-order valence-electron chi connectivity index (χ2n) is 4.44. The molecule has 1 aromatic carbocycles. The third-order valence-electron chi connectivity index (χ3n) is 2.90. The van der Waals surface area contributed by atoms with E-state index in [0.29, 0.717) is 12.4 Å². The Bertz CT molecular complexity index is 773. The Kier molecular flexibility index (Phi) is 3.92. The molecule has 3 rings (SSSR count). The van der Waals surface area contributed by atoms with Crippen LogP contribution >= 0.6 is 11.6 Å². The molecule has 0 amide bonds. The van der Waals surface area contributed by atoms with Crippen molar-refractivity contribution in [2.45, 2.75) is 13.3 Å². The number of fused-ring (bicyclic) bond motifs is 1. The van der Waals surface area contributed by atoms with Crippen LogP contribution in [-0.4, -0.2) is 26.5 Å². The Morgan fingerprint density at radius 2 is 1.95 bits per heavy atom. The lowest BCUT2D eigenvalue weighted by Gasteiger charge is -2.07. The summed E-state index contributed by atoms with van der Waals surface area (Å²) >= 11 is 5.97. The molecule has 6 heteroatoms. The highest BCUT2D eigenvalue weighted by molar-refractivity contribution is 6.28. The highest BCUT2D eigenvalue weighted by Crippen LogP contribution is 2.25. The van der Waals surface area contributed by atoms with Crippen LogP contribution in [0.1, 0.15) is 13.3 Å². The van der Waals surface area contributed by atoms with Gasteiger partial charge in [0, 0.05) is 17.1 Å². The van der Waals surface area contributed by atoms with E-state index in [1.54, 1.807) is 6.20 Å². The van der Waals surface area contributed by atoms with Gasteiger partial charge in [-0.05, 0) is 30.2 Å². The van der Waals surface area contributed by atoms with Crippen molar-refractivity contribution >= 4 is 22.5 Å². The first-order valence-corrected chi connectivity index (χ1v) is 7.04. The summed E-state index contributed by atoms with van der Waals surface area (Å²) < 4.78 is 5.44. The first-order valence-electron chi connectivity index (χ1n) is 6.66. The summed E-state index contributed by atoms with van der Waals surface area (Å²) in [5, 5.41) is 1.13. The molecular formula is C15H13ClN4O. The first kappa shape index (κ1) is 13.7. The van der Waals surface area contributed by atoms with Gasteiger partial charge in [0.05, 0.1) is 12.1 Å². The fraction of sp³-hybridized carbons (Fsp3) is 0.200. The number of rotatable bonds is 4. The van der Waals surface area contributed by atoms with Gasteiger partial charge in [-0.2, -0.15) is 15.0 Å². The molecule has 106 valence electrons. The Labute approximate surface area is 127 Å². The number of hydrogen-bond donors (Lipinski definition) is 0. The van der Waals surface area contributed by atoms with Gasteiger partial charge in [0.15, 0.2) is 5.82 Å². The molecule has 2 aromatic heterocycles. The summed E-state index contributed by atoms with van der Waals surface area (Å²) in [4.78, 5) is 16.9. The first-order chi connectivity index (χ1) is 10.3. The molecule has 0 aliphatic carbocycles. The molecule has 0 unspecified atom stereocenters. The predicted octanol–water partition coefficient (Wildman–Crippen LogP) is 3.53. The molecule has 0 aliphatic heterocycles. The van der Waals surface area contributed by atoms with Gasteiger partial charge in [0.1, 0.15) is 0 Å². The largest absolute Gasteiger partial charge is 0.463 e. The average Bonchev–Trinajstić information content (AvgIpc) is 2.52. The van der Waals surface area contributed by atoms with Crippen LogP contribution in [-0.2, 0) is 0 Å². The lowest BCUT2D eigenvalue weighted by Crippen LogP contribution is -2.03. The third-order valence-corrected chi connectivity index (χ3v) is 3.07. The van der Waals surface area contributed by atoms with Gasteiger partial charge in [-0.25, -0.2) is 0 Å². The fourth-order valence-electron chi connectivity index (χ4n) is 1.99. The van der Waals surface area contributed by atoms with Crippen molar-refractivity contribution in [2.75, 3.05) is 6.61 Å². The van der Waals surface area contributed by atoms with Gasteiger partial charge in [0.2, 0.25) is 5.28 Å². The van der Waals surface area contributed by atoms with Crippen LogP contribution in [0.3, 0.4) is 0 Å². The Morgan fingerprint density at radius 3 is 2.81 bits per heavy atom. The normalized spacial score (nSPS) is 10.8. The van der Waals surface area contributed by atoms with Crippen LogP contribution in [0.15, 0.2) is 36.5 Å². The SMILES string of the molecule is CCCOc1nc(Cl)nc(-c2cccc3cccnc23)n1. The second kappa shape index (κ2) is 6.01. The average molecular weight is 301 g/mol. The van der Waals surface area contributed by atoms with Crippen molar-refractivity contribution in [3.63, 3.8) is 0 Å². The minimum Gasteiger partial charge on any atom is -0.463 e. The van der Waals surface area contributed by atoms with Gasteiger partial charge >= 0.3 is 6.01 Å². The fourth-order valence-corrected chi connectivity index (χ4v) is 2.15. The summed E-state index contributed by atoms with van der Waals surface area (Å²) in [6.07, 6.45) is 2.61. The van der Waals surface area contributed by atoms with Gasteiger partial charge in [0.25, 0.3) is 0 Å². The zero-order valence-electron chi connectivity index (χ0n) is 11.5. The molecule has 0 spiro atoms. The number of nitrogens with zero attached hydrogens (tertiary/aromatic N) is 4. The summed E-state index contributed by atoms with van der Waals surface area (Å²) in [7, 11) is 0. The van der Waals surface area contributed by atoms with E-state index in [2.05, 4.69) is 19.9 Å². The summed E-state index contributed by atoms with van der Waals surface area (Å²) in [5.41, 5.74) is 1.63. The lowest BCUT2D eigenvalue weighted by molar-refractivity contribution is 0.291. The van der Waals surface area contributed by atoms with E-state index in [1.165, 1.54) is 0 Å². The molecule has 0 saturated carbocycles. The molecule has 0 fully saturated rings. The maximum Gasteiger partial charge on any atom is 0.321 e. The van der Waals surface area contributed by atoms with E-state index in [4.69, 9.17) is 16.3 Å². The van der Waals surface area contributed by atoms with Crippen molar-refractivity contribution < 1.29 is 4.74 Å². The smallest absolute Gasteiger partial charge is 0.321 e. The van der Waals surface area contributed by atoms with Crippen molar-refractivity contribution in [3.8, 4) is 17.4 Å². The molecule has 0 atom stereocenters.